The average molecular weight is 803 g/mol. The summed E-state index contributed by atoms with van der Waals surface area (Å²) in [5, 5.41) is 23.2. The molecule has 4 aromatic carbocycles. The van der Waals surface area contributed by atoms with Gasteiger partial charge in [-0.25, -0.2) is 4.79 Å². The van der Waals surface area contributed by atoms with Crippen molar-refractivity contribution in [1.29, 1.82) is 0 Å². The van der Waals surface area contributed by atoms with Crippen LogP contribution in [0.3, 0.4) is 0 Å². The van der Waals surface area contributed by atoms with Crippen LogP contribution in [0.25, 0.3) is 0 Å². The molecule has 19 nitrogen and oxygen atoms in total. The topological polar surface area (TPSA) is 226 Å². The van der Waals surface area contributed by atoms with Gasteiger partial charge >= 0.3 is 5.97 Å². The van der Waals surface area contributed by atoms with E-state index in [1.54, 1.807) is 0 Å². The standard InChI is InChI=1S/C20H20N2O8.C19H18N2O7/c1-27-17-8-14(19(23)21-12-29-11-16(21)20(24)28-2)15(22(25)26)9-18(17)30-10-13-6-4-3-5-7-13;1-26-17-7-15(19(23)20-12-27-11-14(20)9-22)16(21(24)25)8-18(17)28-10-13-5-3-2-4-6-13/h3-9,16H,10-12H2,1-2H3;2-9,14H,10-12H2,1H3/t16-;14-/m01/s1. The monoisotopic (exact) mass is 802 g/mol. The van der Waals surface area contributed by atoms with Crippen LogP contribution in [0.2, 0.25) is 0 Å². The number of amides is 2. The van der Waals surface area contributed by atoms with E-state index in [2.05, 4.69) is 4.74 Å². The maximum Gasteiger partial charge on any atom is 0.331 e. The lowest BCUT2D eigenvalue weighted by atomic mass is 10.1. The number of nitro benzene ring substituents is 2. The first-order chi connectivity index (χ1) is 28.0. The summed E-state index contributed by atoms with van der Waals surface area (Å²) in [6.45, 7) is 0.0270. The van der Waals surface area contributed by atoms with Gasteiger partial charge in [-0.15, -0.1) is 0 Å². The molecular weight excluding hydrogens is 764 g/mol. The van der Waals surface area contributed by atoms with Crippen molar-refractivity contribution in [3.05, 3.63) is 127 Å². The van der Waals surface area contributed by atoms with Crippen LogP contribution in [0.1, 0.15) is 31.8 Å². The van der Waals surface area contributed by atoms with Gasteiger partial charge in [0.1, 0.15) is 50.1 Å². The third-order valence-electron chi connectivity index (χ3n) is 8.85. The molecule has 58 heavy (non-hydrogen) atoms. The molecule has 19 heteroatoms. The number of hydrogen-bond acceptors (Lipinski definition) is 15. The first kappa shape index (κ1) is 42.0. The molecule has 0 unspecified atom stereocenters. The summed E-state index contributed by atoms with van der Waals surface area (Å²) in [6.07, 6.45) is 0.575. The largest absolute Gasteiger partial charge is 0.493 e. The zero-order chi connectivity index (χ0) is 41.8. The summed E-state index contributed by atoms with van der Waals surface area (Å²) in [5.41, 5.74) is 0.368. The molecule has 2 heterocycles. The van der Waals surface area contributed by atoms with Gasteiger partial charge < -0.3 is 42.9 Å². The van der Waals surface area contributed by atoms with Crippen LogP contribution in [0.4, 0.5) is 11.4 Å². The fraction of sp³-hybridized carbons (Fsp3) is 0.282. The van der Waals surface area contributed by atoms with Crippen LogP contribution in [0.5, 0.6) is 23.0 Å². The Balaban J connectivity index is 0.000000221. The van der Waals surface area contributed by atoms with Gasteiger partial charge in [0, 0.05) is 12.1 Å². The number of carbonyl (C=O) groups excluding carboxylic acids is 4. The molecule has 0 spiro atoms. The highest BCUT2D eigenvalue weighted by Gasteiger charge is 2.39. The molecule has 0 bridgehead atoms. The van der Waals surface area contributed by atoms with Crippen molar-refractivity contribution >= 4 is 35.4 Å². The van der Waals surface area contributed by atoms with Gasteiger partial charge in [-0.05, 0) is 11.1 Å². The van der Waals surface area contributed by atoms with E-state index < -0.39 is 51.1 Å². The number of hydrogen-bond donors (Lipinski definition) is 0. The predicted octanol–water partition coefficient (Wildman–Crippen LogP) is 4.33. The van der Waals surface area contributed by atoms with Crippen molar-refractivity contribution in [2.45, 2.75) is 25.3 Å². The minimum atomic E-state index is -0.984. The second-order valence-electron chi connectivity index (χ2n) is 12.4. The number of nitrogens with zero attached hydrogens (tertiary/aromatic N) is 4. The summed E-state index contributed by atoms with van der Waals surface area (Å²) in [5.74, 6) is -1.52. The Hall–Kier alpha value is -7.12. The van der Waals surface area contributed by atoms with Gasteiger partial charge in [-0.1, -0.05) is 60.7 Å². The van der Waals surface area contributed by atoms with Crippen molar-refractivity contribution in [1.82, 2.24) is 9.80 Å². The van der Waals surface area contributed by atoms with E-state index in [1.165, 1.54) is 33.5 Å². The number of ether oxygens (including phenoxy) is 7. The van der Waals surface area contributed by atoms with Crippen molar-refractivity contribution < 1.29 is 62.2 Å². The van der Waals surface area contributed by atoms with Gasteiger partial charge in [0.15, 0.2) is 29.0 Å². The van der Waals surface area contributed by atoms with Crippen molar-refractivity contribution in [2.24, 2.45) is 0 Å². The van der Waals surface area contributed by atoms with Crippen molar-refractivity contribution in [2.75, 3.05) is 48.0 Å². The molecule has 0 radical (unpaired) electrons. The molecule has 4 aromatic rings. The zero-order valence-electron chi connectivity index (χ0n) is 31.5. The van der Waals surface area contributed by atoms with Gasteiger partial charge in [0.2, 0.25) is 0 Å². The third kappa shape index (κ3) is 9.81. The fourth-order valence-electron chi connectivity index (χ4n) is 5.82. The molecule has 304 valence electrons. The summed E-state index contributed by atoms with van der Waals surface area (Å²) < 4.78 is 36.9. The van der Waals surface area contributed by atoms with E-state index in [0.717, 1.165) is 33.1 Å². The highest BCUT2D eigenvalue weighted by atomic mass is 16.6. The molecule has 2 aliphatic heterocycles. The Morgan fingerprint density at radius 2 is 1.14 bits per heavy atom. The Kier molecular flexibility index (Phi) is 14.2. The van der Waals surface area contributed by atoms with Crippen molar-refractivity contribution in [3.63, 3.8) is 0 Å². The lowest BCUT2D eigenvalue weighted by Crippen LogP contribution is -2.42. The molecule has 2 saturated heterocycles. The predicted molar refractivity (Wildman–Crippen MR) is 200 cm³/mol. The number of aldehydes is 1. The Morgan fingerprint density at radius 1 is 0.690 bits per heavy atom. The van der Waals surface area contributed by atoms with E-state index in [4.69, 9.17) is 28.4 Å². The zero-order valence-corrected chi connectivity index (χ0v) is 31.5. The Morgan fingerprint density at radius 3 is 1.57 bits per heavy atom. The molecular formula is C39H38N4O15. The summed E-state index contributed by atoms with van der Waals surface area (Å²) in [7, 11) is 3.92. The van der Waals surface area contributed by atoms with Crippen LogP contribution in [-0.2, 0) is 37.0 Å². The van der Waals surface area contributed by atoms with E-state index in [9.17, 15) is 39.4 Å². The third-order valence-corrected chi connectivity index (χ3v) is 8.85. The van der Waals surface area contributed by atoms with Gasteiger partial charge in [-0.3, -0.25) is 34.7 Å². The molecule has 0 aromatic heterocycles. The van der Waals surface area contributed by atoms with E-state index >= 15 is 0 Å². The van der Waals surface area contributed by atoms with Gasteiger partial charge in [0.05, 0.1) is 56.5 Å². The number of benzene rings is 4. The van der Waals surface area contributed by atoms with Gasteiger partial charge in [0.25, 0.3) is 23.2 Å². The molecule has 0 N–H and O–H groups in total. The van der Waals surface area contributed by atoms with E-state index in [1.807, 2.05) is 60.7 Å². The molecule has 6 rings (SSSR count). The maximum absolute atomic E-state index is 13.0. The van der Waals surface area contributed by atoms with Crippen LogP contribution in [0, 0.1) is 20.2 Å². The second-order valence-corrected chi connectivity index (χ2v) is 12.4. The van der Waals surface area contributed by atoms with Crippen LogP contribution in [-0.4, -0.2) is 104 Å². The van der Waals surface area contributed by atoms with E-state index in [-0.39, 0.29) is 74.0 Å². The number of nitro groups is 2. The Labute approximate surface area is 330 Å². The molecule has 0 saturated carbocycles. The normalized spacial score (nSPS) is 15.7. The van der Waals surface area contributed by atoms with Crippen molar-refractivity contribution in [3.8, 4) is 23.0 Å². The number of rotatable bonds is 14. The highest BCUT2D eigenvalue weighted by molar-refractivity contribution is 6.01. The number of carbonyl (C=O) groups is 4. The summed E-state index contributed by atoms with van der Waals surface area (Å²) in [4.78, 5) is 72.9. The summed E-state index contributed by atoms with van der Waals surface area (Å²) in [6, 6.07) is 21.5. The Bertz CT molecular complexity index is 2130. The maximum atomic E-state index is 13.0. The van der Waals surface area contributed by atoms with Gasteiger partial charge in [-0.2, -0.15) is 0 Å². The number of esters is 1. The number of methoxy groups -OCH3 is 3. The molecule has 0 aliphatic carbocycles. The second kappa shape index (κ2) is 19.6. The quantitative estimate of drug-likeness (QED) is 0.0748. The minimum absolute atomic E-state index is 0.0540. The van der Waals surface area contributed by atoms with Crippen LogP contribution in [0.15, 0.2) is 84.9 Å². The first-order valence-electron chi connectivity index (χ1n) is 17.4. The summed E-state index contributed by atoms with van der Waals surface area (Å²) >= 11 is 0. The lowest BCUT2D eigenvalue weighted by molar-refractivity contribution is -0.385. The first-order valence-corrected chi connectivity index (χ1v) is 17.4. The molecule has 2 aliphatic rings. The molecule has 2 fully saturated rings. The molecule has 2 amide bonds. The lowest BCUT2D eigenvalue weighted by Gasteiger charge is -2.21. The van der Waals surface area contributed by atoms with Crippen LogP contribution >= 0.6 is 0 Å². The highest BCUT2D eigenvalue weighted by Crippen LogP contribution is 2.38. The fourth-order valence-corrected chi connectivity index (χ4v) is 5.82. The SMILES string of the molecule is COC(=O)[C@@H]1COCN1C(=O)c1cc(OC)c(OCc2ccccc2)cc1[N+](=O)[O-].COc1cc(C(=O)N2COC[C@H]2C=O)c([N+](=O)[O-])cc1OCc1ccccc1. The van der Waals surface area contributed by atoms with Crippen LogP contribution < -0.4 is 18.9 Å². The average Bonchev–Trinajstić information content (AvgIpc) is 3.95. The van der Waals surface area contributed by atoms with E-state index in [0.29, 0.717) is 6.29 Å². The molecule has 2 atom stereocenters. The minimum Gasteiger partial charge on any atom is -0.493 e. The smallest absolute Gasteiger partial charge is 0.331 e.